The van der Waals surface area contributed by atoms with Crippen molar-refractivity contribution in [3.63, 3.8) is 0 Å². The van der Waals surface area contributed by atoms with Crippen LogP contribution in [0.4, 0.5) is 13.2 Å². The predicted molar refractivity (Wildman–Crippen MR) is 73.2 cm³/mol. The lowest BCUT2D eigenvalue weighted by atomic mass is 10.1. The van der Waals surface area contributed by atoms with Crippen LogP contribution in [-0.4, -0.2) is 14.6 Å². The maximum absolute atomic E-state index is 12.9. The van der Waals surface area contributed by atoms with Gasteiger partial charge >= 0.3 is 6.18 Å². The minimum Gasteiger partial charge on any atom is -0.223 e. The second-order valence-corrected chi connectivity index (χ2v) is 4.91. The molecule has 0 unspecified atom stereocenters. The summed E-state index contributed by atoms with van der Waals surface area (Å²) in [4.78, 5) is 3.70. The lowest BCUT2D eigenvalue weighted by Gasteiger charge is -2.07. The Morgan fingerprint density at radius 1 is 1.14 bits per heavy atom. The number of benzene rings is 1. The molecule has 0 spiro atoms. The minimum atomic E-state index is -4.56. The normalized spacial score (nSPS) is 12.0. The van der Waals surface area contributed by atoms with E-state index >= 15 is 0 Å². The Labute approximate surface area is 123 Å². The molecule has 2 aromatic heterocycles. The lowest BCUT2D eigenvalue weighted by Crippen LogP contribution is -2.10. The van der Waals surface area contributed by atoms with Gasteiger partial charge in [0.1, 0.15) is 10.8 Å². The van der Waals surface area contributed by atoms with Crippen LogP contribution in [-0.2, 0) is 6.18 Å². The van der Waals surface area contributed by atoms with Crippen molar-refractivity contribution >= 4 is 17.2 Å². The third kappa shape index (κ3) is 2.35. The Bertz CT molecular complexity index is 810. The van der Waals surface area contributed by atoms with Crippen molar-refractivity contribution < 1.29 is 13.2 Å². The van der Waals surface area contributed by atoms with Crippen LogP contribution in [0.15, 0.2) is 36.4 Å². The van der Waals surface area contributed by atoms with E-state index in [-0.39, 0.29) is 10.8 Å². The molecule has 0 saturated heterocycles. The van der Waals surface area contributed by atoms with Crippen molar-refractivity contribution in [1.29, 1.82) is 0 Å². The van der Waals surface area contributed by atoms with Crippen LogP contribution in [0.2, 0.25) is 5.15 Å². The van der Waals surface area contributed by atoms with Gasteiger partial charge in [0, 0.05) is 11.6 Å². The smallest absolute Gasteiger partial charge is 0.223 e. The van der Waals surface area contributed by atoms with Crippen LogP contribution < -0.4 is 0 Å². The number of rotatable bonds is 1. The SMILES string of the molecule is Cc1nn2c(Cl)cc(C(F)(F)F)nc2c1-c1ccccc1. The van der Waals surface area contributed by atoms with Crippen LogP contribution in [0.1, 0.15) is 11.4 Å². The standard InChI is InChI=1S/C14H9ClF3N3/c1-8-12(9-5-3-2-4-6-9)13-19-10(14(16,17)18)7-11(15)21(13)20-8/h2-7H,1H3. The topological polar surface area (TPSA) is 30.2 Å². The maximum Gasteiger partial charge on any atom is 0.433 e. The maximum atomic E-state index is 12.9. The van der Waals surface area contributed by atoms with E-state index in [1.165, 1.54) is 4.52 Å². The fourth-order valence-electron chi connectivity index (χ4n) is 2.18. The highest BCUT2D eigenvalue weighted by molar-refractivity contribution is 6.29. The average Bonchev–Trinajstić information content (AvgIpc) is 2.75. The average molecular weight is 312 g/mol. The number of hydrogen-bond acceptors (Lipinski definition) is 2. The zero-order valence-corrected chi connectivity index (χ0v) is 11.6. The van der Waals surface area contributed by atoms with Gasteiger partial charge in [0.25, 0.3) is 0 Å². The van der Waals surface area contributed by atoms with E-state index in [0.717, 1.165) is 11.6 Å². The van der Waals surface area contributed by atoms with Crippen LogP contribution in [0.5, 0.6) is 0 Å². The molecule has 0 aliphatic rings. The van der Waals surface area contributed by atoms with Crippen molar-refractivity contribution in [3.8, 4) is 11.1 Å². The van der Waals surface area contributed by atoms with Crippen LogP contribution in [0.3, 0.4) is 0 Å². The zero-order chi connectivity index (χ0) is 15.2. The largest absolute Gasteiger partial charge is 0.433 e. The molecule has 0 amide bonds. The van der Waals surface area contributed by atoms with Gasteiger partial charge in [-0.2, -0.15) is 18.3 Å². The summed E-state index contributed by atoms with van der Waals surface area (Å²) < 4.78 is 39.9. The molecule has 0 fully saturated rings. The molecule has 0 atom stereocenters. The molecular formula is C14H9ClF3N3. The van der Waals surface area contributed by atoms with Crippen LogP contribution >= 0.6 is 11.6 Å². The second-order valence-electron chi connectivity index (χ2n) is 4.52. The molecule has 0 N–H and O–H groups in total. The quantitative estimate of drug-likeness (QED) is 0.624. The van der Waals surface area contributed by atoms with Gasteiger partial charge in [0.2, 0.25) is 0 Å². The summed E-state index contributed by atoms with van der Waals surface area (Å²) >= 11 is 5.90. The summed E-state index contributed by atoms with van der Waals surface area (Å²) in [6.07, 6.45) is -4.56. The molecule has 7 heteroatoms. The van der Waals surface area contributed by atoms with E-state index in [0.29, 0.717) is 11.3 Å². The highest BCUT2D eigenvalue weighted by Gasteiger charge is 2.34. The molecule has 108 valence electrons. The van der Waals surface area contributed by atoms with Gasteiger partial charge in [-0.25, -0.2) is 9.50 Å². The van der Waals surface area contributed by atoms with Crippen LogP contribution in [0, 0.1) is 6.92 Å². The van der Waals surface area contributed by atoms with E-state index in [4.69, 9.17) is 11.6 Å². The van der Waals surface area contributed by atoms with E-state index in [1.807, 2.05) is 6.07 Å². The second kappa shape index (κ2) is 4.73. The lowest BCUT2D eigenvalue weighted by molar-refractivity contribution is -0.141. The number of alkyl halides is 3. The Kier molecular flexibility index (Phi) is 3.13. The number of aryl methyl sites for hydroxylation is 1. The molecule has 0 aliphatic carbocycles. The highest BCUT2D eigenvalue weighted by atomic mass is 35.5. The highest BCUT2D eigenvalue weighted by Crippen LogP contribution is 2.33. The number of aromatic nitrogens is 3. The first-order chi connectivity index (χ1) is 9.88. The Balaban J connectivity index is 2.35. The van der Waals surface area contributed by atoms with Gasteiger partial charge in [0.15, 0.2) is 5.65 Å². The minimum absolute atomic E-state index is 0.0959. The fraction of sp³-hybridized carbons (Fsp3) is 0.143. The molecule has 0 radical (unpaired) electrons. The van der Waals surface area contributed by atoms with Gasteiger partial charge in [-0.15, -0.1) is 0 Å². The molecule has 3 nitrogen and oxygen atoms in total. The van der Waals surface area contributed by atoms with Crippen molar-refractivity contribution in [3.05, 3.63) is 52.9 Å². The van der Waals surface area contributed by atoms with Gasteiger partial charge in [-0.05, 0) is 12.5 Å². The number of nitrogens with zero attached hydrogens (tertiary/aromatic N) is 3. The summed E-state index contributed by atoms with van der Waals surface area (Å²) in [6, 6.07) is 9.78. The molecule has 3 rings (SSSR count). The molecule has 0 saturated carbocycles. The number of halogens is 4. The van der Waals surface area contributed by atoms with E-state index in [9.17, 15) is 13.2 Å². The first kappa shape index (κ1) is 13.9. The monoisotopic (exact) mass is 311 g/mol. The summed E-state index contributed by atoms with van der Waals surface area (Å²) in [5.41, 5.74) is 0.919. The molecule has 21 heavy (non-hydrogen) atoms. The van der Waals surface area contributed by atoms with E-state index < -0.39 is 11.9 Å². The number of fused-ring (bicyclic) bond motifs is 1. The summed E-state index contributed by atoms with van der Waals surface area (Å²) in [5, 5.41) is 4.04. The zero-order valence-electron chi connectivity index (χ0n) is 10.8. The fourth-order valence-corrected chi connectivity index (χ4v) is 2.40. The Hall–Kier alpha value is -2.08. The number of hydrogen-bond donors (Lipinski definition) is 0. The van der Waals surface area contributed by atoms with Gasteiger partial charge in [0.05, 0.1) is 5.69 Å². The van der Waals surface area contributed by atoms with Crippen molar-refractivity contribution in [1.82, 2.24) is 14.6 Å². The first-order valence-corrected chi connectivity index (χ1v) is 6.44. The third-order valence-corrected chi connectivity index (χ3v) is 3.34. The molecule has 0 bridgehead atoms. The summed E-state index contributed by atoms with van der Waals surface area (Å²) in [6.45, 7) is 1.71. The summed E-state index contributed by atoms with van der Waals surface area (Å²) in [5.74, 6) is 0. The van der Waals surface area contributed by atoms with Crippen molar-refractivity contribution in [2.24, 2.45) is 0 Å². The first-order valence-electron chi connectivity index (χ1n) is 6.06. The molecule has 0 aliphatic heterocycles. The van der Waals surface area contributed by atoms with Crippen molar-refractivity contribution in [2.75, 3.05) is 0 Å². The third-order valence-electron chi connectivity index (χ3n) is 3.07. The Morgan fingerprint density at radius 3 is 2.43 bits per heavy atom. The van der Waals surface area contributed by atoms with Gasteiger partial charge in [-0.1, -0.05) is 41.9 Å². The molecule has 1 aromatic carbocycles. The summed E-state index contributed by atoms with van der Waals surface area (Å²) in [7, 11) is 0. The van der Waals surface area contributed by atoms with Gasteiger partial charge in [-0.3, -0.25) is 0 Å². The van der Waals surface area contributed by atoms with E-state index in [1.54, 1.807) is 31.2 Å². The van der Waals surface area contributed by atoms with E-state index in [2.05, 4.69) is 10.1 Å². The van der Waals surface area contributed by atoms with Crippen LogP contribution in [0.25, 0.3) is 16.8 Å². The predicted octanol–water partition coefficient (Wildman–Crippen LogP) is 4.38. The Morgan fingerprint density at radius 2 is 1.81 bits per heavy atom. The van der Waals surface area contributed by atoms with Gasteiger partial charge < -0.3 is 0 Å². The molecule has 3 aromatic rings. The van der Waals surface area contributed by atoms with Crippen molar-refractivity contribution in [2.45, 2.75) is 13.1 Å². The molecule has 2 heterocycles. The molecular weight excluding hydrogens is 303 g/mol.